The summed E-state index contributed by atoms with van der Waals surface area (Å²) in [4.78, 5) is 25.1. The number of nitrogen functional groups attached to an aromatic ring is 1. The van der Waals surface area contributed by atoms with Crippen molar-refractivity contribution in [3.63, 3.8) is 0 Å². The zero-order chi connectivity index (χ0) is 13.1. The second kappa shape index (κ2) is 5.27. The number of rotatable bonds is 1. The second-order valence-electron chi connectivity index (χ2n) is 4.10. The molecule has 2 amide bonds. The smallest absolute Gasteiger partial charge is 0.257 e. The van der Waals surface area contributed by atoms with Gasteiger partial charge in [-0.1, -0.05) is 17.7 Å². The summed E-state index contributed by atoms with van der Waals surface area (Å²) in [5.74, 6) is -0.271. The predicted octanol–water partition coefficient (Wildman–Crippen LogP) is 0.884. The monoisotopic (exact) mass is 267 g/mol. The van der Waals surface area contributed by atoms with E-state index >= 15 is 0 Å². The minimum atomic E-state index is -0.227. The summed E-state index contributed by atoms with van der Waals surface area (Å²) in [6, 6.07) is 4.97. The molecule has 0 atom stereocenters. The lowest BCUT2D eigenvalue weighted by Crippen LogP contribution is -2.34. The highest BCUT2D eigenvalue weighted by Gasteiger charge is 2.23. The second-order valence-corrected chi connectivity index (χ2v) is 4.50. The fraction of sp³-hybridized carbons (Fsp3) is 0.333. The molecule has 96 valence electrons. The molecule has 2 rings (SSSR count). The molecule has 0 aromatic heterocycles. The van der Waals surface area contributed by atoms with Gasteiger partial charge >= 0.3 is 0 Å². The van der Waals surface area contributed by atoms with E-state index in [9.17, 15) is 9.59 Å². The number of carbonyl (C=O) groups is 2. The Kier molecular flexibility index (Phi) is 3.72. The molecule has 0 radical (unpaired) electrons. The Morgan fingerprint density at radius 1 is 1.39 bits per heavy atom. The first kappa shape index (κ1) is 12.7. The summed E-state index contributed by atoms with van der Waals surface area (Å²) < 4.78 is 0. The number of hydrogen-bond acceptors (Lipinski definition) is 3. The average molecular weight is 268 g/mol. The Morgan fingerprint density at radius 3 is 2.89 bits per heavy atom. The summed E-state index contributed by atoms with van der Waals surface area (Å²) in [5.41, 5.74) is 6.45. The number of nitrogens with one attached hydrogen (secondary N) is 1. The van der Waals surface area contributed by atoms with Crippen molar-refractivity contribution in [2.75, 3.05) is 25.4 Å². The fourth-order valence-corrected chi connectivity index (χ4v) is 2.16. The molecule has 1 aromatic rings. The van der Waals surface area contributed by atoms with Gasteiger partial charge in [0.25, 0.3) is 5.91 Å². The average Bonchev–Trinajstić information content (AvgIpc) is 2.53. The maximum atomic E-state index is 12.3. The van der Waals surface area contributed by atoms with Gasteiger partial charge in [-0.3, -0.25) is 9.59 Å². The van der Waals surface area contributed by atoms with Gasteiger partial charge in [-0.15, -0.1) is 0 Å². The van der Waals surface area contributed by atoms with Crippen LogP contribution in [0.5, 0.6) is 0 Å². The molecular weight excluding hydrogens is 254 g/mol. The van der Waals surface area contributed by atoms with E-state index in [0.29, 0.717) is 42.3 Å². The third-order valence-corrected chi connectivity index (χ3v) is 3.17. The molecule has 0 bridgehead atoms. The van der Waals surface area contributed by atoms with E-state index in [1.165, 1.54) is 0 Å². The quantitative estimate of drug-likeness (QED) is 0.742. The van der Waals surface area contributed by atoms with Crippen LogP contribution >= 0.6 is 11.6 Å². The van der Waals surface area contributed by atoms with E-state index in [1.807, 2.05) is 0 Å². The maximum absolute atomic E-state index is 12.3. The van der Waals surface area contributed by atoms with Crippen LogP contribution in [0.2, 0.25) is 5.02 Å². The largest absolute Gasteiger partial charge is 0.398 e. The SMILES string of the molecule is Nc1cccc(Cl)c1C(=O)N1CCNC(=O)CC1. The van der Waals surface area contributed by atoms with Crippen LogP contribution in [0.1, 0.15) is 16.8 Å². The van der Waals surface area contributed by atoms with E-state index in [2.05, 4.69) is 5.32 Å². The lowest BCUT2D eigenvalue weighted by molar-refractivity contribution is -0.120. The molecule has 0 spiro atoms. The minimum Gasteiger partial charge on any atom is -0.398 e. The van der Waals surface area contributed by atoms with Crippen LogP contribution in [-0.4, -0.2) is 36.3 Å². The number of anilines is 1. The topological polar surface area (TPSA) is 75.4 Å². The summed E-state index contributed by atoms with van der Waals surface area (Å²) in [6.07, 6.45) is 0.302. The molecule has 1 aliphatic heterocycles. The van der Waals surface area contributed by atoms with Gasteiger partial charge in [-0.2, -0.15) is 0 Å². The summed E-state index contributed by atoms with van der Waals surface area (Å²) in [6.45, 7) is 1.31. The van der Waals surface area contributed by atoms with Gasteiger partial charge in [0.05, 0.1) is 10.6 Å². The van der Waals surface area contributed by atoms with Gasteiger partial charge in [0, 0.05) is 31.7 Å². The summed E-state index contributed by atoms with van der Waals surface area (Å²) in [5, 5.41) is 3.05. The molecular formula is C12H14ClN3O2. The lowest BCUT2D eigenvalue weighted by Gasteiger charge is -2.21. The van der Waals surface area contributed by atoms with Crippen molar-refractivity contribution in [1.29, 1.82) is 0 Å². The highest BCUT2D eigenvalue weighted by molar-refractivity contribution is 6.34. The predicted molar refractivity (Wildman–Crippen MR) is 69.4 cm³/mol. The van der Waals surface area contributed by atoms with Crippen LogP contribution in [0.4, 0.5) is 5.69 Å². The van der Waals surface area contributed by atoms with Crippen molar-refractivity contribution in [1.82, 2.24) is 10.2 Å². The van der Waals surface area contributed by atoms with Gasteiger partial charge in [0.2, 0.25) is 5.91 Å². The number of benzene rings is 1. The lowest BCUT2D eigenvalue weighted by atomic mass is 10.1. The van der Waals surface area contributed by atoms with Crippen LogP contribution < -0.4 is 11.1 Å². The van der Waals surface area contributed by atoms with E-state index in [1.54, 1.807) is 23.1 Å². The Labute approximate surface area is 110 Å². The minimum absolute atomic E-state index is 0.0440. The third kappa shape index (κ3) is 2.56. The third-order valence-electron chi connectivity index (χ3n) is 2.86. The fourth-order valence-electron chi connectivity index (χ4n) is 1.89. The van der Waals surface area contributed by atoms with Crippen LogP contribution in [0.3, 0.4) is 0 Å². The van der Waals surface area contributed by atoms with Gasteiger partial charge in [0.1, 0.15) is 0 Å². The molecule has 0 saturated carbocycles. The van der Waals surface area contributed by atoms with Crippen molar-refractivity contribution in [3.8, 4) is 0 Å². The zero-order valence-electron chi connectivity index (χ0n) is 9.78. The Morgan fingerprint density at radius 2 is 2.17 bits per heavy atom. The number of hydrogen-bond donors (Lipinski definition) is 2. The van der Waals surface area contributed by atoms with E-state index in [0.717, 1.165) is 0 Å². The van der Waals surface area contributed by atoms with Crippen molar-refractivity contribution < 1.29 is 9.59 Å². The number of halogens is 1. The Balaban J connectivity index is 2.23. The first-order valence-electron chi connectivity index (χ1n) is 5.69. The van der Waals surface area contributed by atoms with Crippen molar-refractivity contribution in [2.24, 2.45) is 0 Å². The number of amides is 2. The van der Waals surface area contributed by atoms with Crippen LogP contribution in [0.15, 0.2) is 18.2 Å². The molecule has 0 unspecified atom stereocenters. The molecule has 6 heteroatoms. The summed E-state index contributed by atoms with van der Waals surface area (Å²) >= 11 is 6.00. The van der Waals surface area contributed by atoms with Gasteiger partial charge in [-0.05, 0) is 12.1 Å². The molecule has 1 heterocycles. The van der Waals surface area contributed by atoms with E-state index in [-0.39, 0.29) is 11.8 Å². The molecule has 1 aromatic carbocycles. The number of carbonyl (C=O) groups excluding carboxylic acids is 2. The van der Waals surface area contributed by atoms with Gasteiger partial charge < -0.3 is 16.0 Å². The highest BCUT2D eigenvalue weighted by Crippen LogP contribution is 2.23. The molecule has 1 fully saturated rings. The van der Waals surface area contributed by atoms with Crippen LogP contribution in [-0.2, 0) is 4.79 Å². The van der Waals surface area contributed by atoms with Gasteiger partial charge in [0.15, 0.2) is 0 Å². The maximum Gasteiger partial charge on any atom is 0.257 e. The molecule has 5 nitrogen and oxygen atoms in total. The molecule has 1 saturated heterocycles. The first-order valence-corrected chi connectivity index (χ1v) is 6.07. The molecule has 1 aliphatic rings. The van der Waals surface area contributed by atoms with Crippen LogP contribution in [0.25, 0.3) is 0 Å². The van der Waals surface area contributed by atoms with Crippen molar-refractivity contribution in [3.05, 3.63) is 28.8 Å². The van der Waals surface area contributed by atoms with Crippen molar-refractivity contribution in [2.45, 2.75) is 6.42 Å². The number of nitrogens with zero attached hydrogens (tertiary/aromatic N) is 1. The van der Waals surface area contributed by atoms with Crippen molar-refractivity contribution >= 4 is 29.1 Å². The normalized spacial score (nSPS) is 16.1. The molecule has 18 heavy (non-hydrogen) atoms. The molecule has 0 aliphatic carbocycles. The summed E-state index contributed by atoms with van der Waals surface area (Å²) in [7, 11) is 0. The first-order chi connectivity index (χ1) is 8.59. The van der Waals surface area contributed by atoms with E-state index in [4.69, 9.17) is 17.3 Å². The number of nitrogens with two attached hydrogens (primary N) is 1. The van der Waals surface area contributed by atoms with Crippen LogP contribution in [0, 0.1) is 0 Å². The van der Waals surface area contributed by atoms with Gasteiger partial charge in [-0.25, -0.2) is 0 Å². The van der Waals surface area contributed by atoms with E-state index < -0.39 is 0 Å². The molecule has 3 N–H and O–H groups in total. The zero-order valence-corrected chi connectivity index (χ0v) is 10.5. The highest BCUT2D eigenvalue weighted by atomic mass is 35.5. The Hall–Kier alpha value is -1.75. The Bertz CT molecular complexity index is 470. The standard InChI is InChI=1S/C12H14ClN3O2/c13-8-2-1-3-9(14)11(8)12(18)16-6-4-10(17)15-5-7-16/h1-3H,4-7,14H2,(H,15,17).